The minimum atomic E-state index is -4.75. The Balaban J connectivity index is 1.29. The summed E-state index contributed by atoms with van der Waals surface area (Å²) in [5.74, 6) is -0.653. The van der Waals surface area contributed by atoms with Crippen molar-refractivity contribution >= 4 is 29.2 Å². The first-order valence-electron chi connectivity index (χ1n) is 11.5. The van der Waals surface area contributed by atoms with Crippen molar-refractivity contribution in [2.45, 2.75) is 31.1 Å². The van der Waals surface area contributed by atoms with E-state index in [4.69, 9.17) is 9.78 Å². The summed E-state index contributed by atoms with van der Waals surface area (Å²) >= 11 is 0. The Morgan fingerprint density at radius 1 is 1.13 bits per heavy atom. The Bertz CT molecular complexity index is 1570. The minimum absolute atomic E-state index is 0.0597. The molecule has 0 unspecified atom stereocenters. The van der Waals surface area contributed by atoms with Crippen molar-refractivity contribution in [3.05, 3.63) is 78.0 Å². The zero-order chi connectivity index (χ0) is 27.6. The summed E-state index contributed by atoms with van der Waals surface area (Å²) in [5.41, 5.74) is -1.80. The fraction of sp³-hybridized carbons (Fsp3) is 0.208. The highest BCUT2D eigenvalue weighted by Gasteiger charge is 2.53. The summed E-state index contributed by atoms with van der Waals surface area (Å²) < 4.78 is 48.5. The van der Waals surface area contributed by atoms with Crippen LogP contribution in [0.25, 0.3) is 0 Å². The molecular formula is C24H19F3N9O3+. The van der Waals surface area contributed by atoms with E-state index in [1.165, 1.54) is 33.9 Å². The van der Waals surface area contributed by atoms with E-state index in [-0.39, 0.29) is 29.5 Å². The normalized spacial score (nSPS) is 13.8. The Labute approximate surface area is 218 Å². The van der Waals surface area contributed by atoms with Crippen LogP contribution in [0.4, 0.5) is 35.2 Å². The number of rotatable bonds is 7. The van der Waals surface area contributed by atoms with Crippen molar-refractivity contribution in [2.75, 3.05) is 16.0 Å². The monoisotopic (exact) mass is 538 g/mol. The molecule has 0 spiro atoms. The van der Waals surface area contributed by atoms with E-state index in [0.717, 1.165) is 12.1 Å². The van der Waals surface area contributed by atoms with Gasteiger partial charge < -0.3 is 10.6 Å². The number of hydrogen-bond acceptors (Lipinski definition) is 7. The lowest BCUT2D eigenvalue weighted by Gasteiger charge is -2.18. The smallest absolute Gasteiger partial charge is 0.324 e. The van der Waals surface area contributed by atoms with Crippen molar-refractivity contribution in [2.24, 2.45) is 0 Å². The van der Waals surface area contributed by atoms with Gasteiger partial charge in [0.15, 0.2) is 5.69 Å². The minimum Gasteiger partial charge on any atom is -0.324 e. The number of urea groups is 1. The summed E-state index contributed by atoms with van der Waals surface area (Å²) in [5, 5.41) is 23.9. The number of nitrogens with zero attached hydrogens (tertiary/aromatic N) is 6. The van der Waals surface area contributed by atoms with Crippen molar-refractivity contribution in [3.8, 4) is 6.07 Å². The quantitative estimate of drug-likeness (QED) is 0.305. The molecule has 0 aliphatic heterocycles. The van der Waals surface area contributed by atoms with Crippen LogP contribution in [0.15, 0.2) is 65.6 Å². The predicted octanol–water partition coefficient (Wildman–Crippen LogP) is 3.26. The molecule has 1 aromatic carbocycles. The maximum absolute atomic E-state index is 13.6. The molecule has 3 heterocycles. The average Bonchev–Trinajstić information content (AvgIpc) is 3.36. The lowest BCUT2D eigenvalue weighted by molar-refractivity contribution is -0.755. The van der Waals surface area contributed by atoms with E-state index in [1.807, 2.05) is 6.07 Å². The van der Waals surface area contributed by atoms with Gasteiger partial charge in [0.1, 0.15) is 17.3 Å². The largest absolute Gasteiger partial charge is 0.416 e. The van der Waals surface area contributed by atoms with Gasteiger partial charge in [0, 0.05) is 23.8 Å². The first-order chi connectivity index (χ1) is 18.6. The number of pyridine rings is 1. The van der Waals surface area contributed by atoms with Gasteiger partial charge in [-0.2, -0.15) is 23.5 Å². The fourth-order valence-corrected chi connectivity index (χ4v) is 3.82. The molecule has 3 N–H and O–H groups in total. The Morgan fingerprint density at radius 2 is 1.90 bits per heavy atom. The molecule has 0 atom stereocenters. The molecule has 5 rings (SSSR count). The number of aromatic nitrogens is 5. The van der Waals surface area contributed by atoms with Crippen LogP contribution < -0.4 is 20.6 Å². The molecule has 1 fully saturated rings. The molecule has 3 amide bonds. The van der Waals surface area contributed by atoms with E-state index < -0.39 is 29.2 Å². The maximum atomic E-state index is 13.6. The van der Waals surface area contributed by atoms with Gasteiger partial charge in [-0.1, -0.05) is 6.07 Å². The van der Waals surface area contributed by atoms with E-state index >= 15 is 0 Å². The van der Waals surface area contributed by atoms with Gasteiger partial charge in [0.25, 0.3) is 12.1 Å². The fourth-order valence-electron chi connectivity index (χ4n) is 3.82. The van der Waals surface area contributed by atoms with Crippen LogP contribution in [0.1, 0.15) is 29.8 Å². The van der Waals surface area contributed by atoms with E-state index in [0.29, 0.717) is 18.5 Å². The second-order valence-corrected chi connectivity index (χ2v) is 8.70. The van der Waals surface area contributed by atoms with E-state index in [2.05, 4.69) is 31.3 Å². The van der Waals surface area contributed by atoms with Crippen LogP contribution in [0.2, 0.25) is 0 Å². The van der Waals surface area contributed by atoms with Crippen LogP contribution in [0, 0.1) is 11.3 Å². The Kier molecular flexibility index (Phi) is 6.44. The van der Waals surface area contributed by atoms with Gasteiger partial charge in [-0.05, 0) is 53.9 Å². The summed E-state index contributed by atoms with van der Waals surface area (Å²) in [6.07, 6.45) is 0.508. The molecule has 0 saturated heterocycles. The third-order valence-corrected chi connectivity index (χ3v) is 5.86. The third kappa shape index (κ3) is 5.69. The molecule has 15 heteroatoms. The summed E-state index contributed by atoms with van der Waals surface area (Å²) in [4.78, 5) is 29.6. The number of carbonyl (C=O) groups is 2. The van der Waals surface area contributed by atoms with Crippen molar-refractivity contribution in [1.82, 2.24) is 20.0 Å². The van der Waals surface area contributed by atoms with Crippen LogP contribution in [-0.4, -0.2) is 32.0 Å². The number of anilines is 3. The molecule has 1 aliphatic carbocycles. The molecule has 1 aliphatic rings. The molecular weight excluding hydrogens is 519 g/mol. The first kappa shape index (κ1) is 25.4. The highest BCUT2D eigenvalue weighted by Crippen LogP contribution is 2.44. The number of benzene rings is 1. The Morgan fingerprint density at radius 3 is 2.54 bits per heavy atom. The SMILES string of the molecule is N#Cc1ccn(C2(C(=O)Nc3cc(NC(=O)Nc4c[n+](Cc5ccccn5)no4)cc(C(F)(F)F)c3)CC2)n1. The highest BCUT2D eigenvalue weighted by molar-refractivity contribution is 6.01. The number of amides is 3. The van der Waals surface area contributed by atoms with Crippen molar-refractivity contribution in [3.63, 3.8) is 0 Å². The molecule has 4 aromatic rings. The van der Waals surface area contributed by atoms with Gasteiger partial charge in [0.05, 0.1) is 5.56 Å². The molecule has 39 heavy (non-hydrogen) atoms. The Hall–Kier alpha value is -5.26. The highest BCUT2D eigenvalue weighted by atomic mass is 19.4. The van der Waals surface area contributed by atoms with Gasteiger partial charge in [-0.3, -0.25) is 24.3 Å². The summed E-state index contributed by atoms with van der Waals surface area (Å²) in [7, 11) is 0. The zero-order valence-electron chi connectivity index (χ0n) is 19.9. The van der Waals surface area contributed by atoms with Crippen LogP contribution in [0.3, 0.4) is 0 Å². The third-order valence-electron chi connectivity index (χ3n) is 5.86. The van der Waals surface area contributed by atoms with Gasteiger partial charge in [0.2, 0.25) is 11.8 Å². The molecule has 1 saturated carbocycles. The summed E-state index contributed by atoms with van der Waals surface area (Å²) in [6, 6.07) is 10.4. The molecule has 0 bridgehead atoms. The second-order valence-electron chi connectivity index (χ2n) is 8.70. The topological polar surface area (TPSA) is 155 Å². The van der Waals surface area contributed by atoms with Gasteiger partial charge in [-0.25, -0.2) is 4.79 Å². The molecule has 12 nitrogen and oxygen atoms in total. The second kappa shape index (κ2) is 9.89. The standard InChI is InChI=1S/C24H18F3N9O3/c25-24(26,27)15-9-18(30-21(37)23(5-6-23)36-8-4-16(12-28)33-36)11-19(10-15)31-22(38)32-20-14-35(34-39-20)13-17-3-1-2-7-29-17/h1-4,7-11,14H,5-6,13H2,(H2-,30,31,32,34,37,38)/p+1. The predicted molar refractivity (Wildman–Crippen MR) is 127 cm³/mol. The number of hydrogen-bond donors (Lipinski definition) is 3. The lowest BCUT2D eigenvalue weighted by Crippen LogP contribution is -2.35. The number of carbonyl (C=O) groups excluding carboxylic acids is 2. The van der Waals surface area contributed by atoms with Crippen LogP contribution in [0.5, 0.6) is 0 Å². The first-order valence-corrected chi connectivity index (χ1v) is 11.5. The number of halogens is 3. The van der Waals surface area contributed by atoms with Crippen LogP contribution >= 0.6 is 0 Å². The molecule has 3 aromatic heterocycles. The molecule has 198 valence electrons. The van der Waals surface area contributed by atoms with Crippen LogP contribution in [-0.2, 0) is 23.1 Å². The maximum Gasteiger partial charge on any atom is 0.416 e. The average molecular weight is 538 g/mol. The number of nitrogens with one attached hydrogen (secondary N) is 3. The van der Waals surface area contributed by atoms with Gasteiger partial charge in [-0.15, -0.1) is 0 Å². The summed E-state index contributed by atoms with van der Waals surface area (Å²) in [6.45, 7) is 0.266. The lowest BCUT2D eigenvalue weighted by atomic mass is 10.1. The van der Waals surface area contributed by atoms with Gasteiger partial charge >= 0.3 is 18.1 Å². The van der Waals surface area contributed by atoms with Crippen molar-refractivity contribution in [1.29, 1.82) is 5.26 Å². The van der Waals surface area contributed by atoms with E-state index in [9.17, 15) is 22.8 Å². The van der Waals surface area contributed by atoms with Crippen molar-refractivity contribution < 1.29 is 32.0 Å². The number of nitriles is 1. The zero-order valence-corrected chi connectivity index (χ0v) is 19.9. The number of alkyl halides is 3. The van der Waals surface area contributed by atoms with E-state index in [1.54, 1.807) is 24.4 Å². The molecule has 0 radical (unpaired) electrons.